The van der Waals surface area contributed by atoms with Gasteiger partial charge in [0.2, 0.25) is 0 Å². The average Bonchev–Trinajstić information content (AvgIpc) is 2.47. The molecule has 4 nitrogen and oxygen atoms in total. The van der Waals surface area contributed by atoms with Gasteiger partial charge in [0.15, 0.2) is 5.17 Å². The summed E-state index contributed by atoms with van der Waals surface area (Å²) >= 11 is 1.54. The third-order valence-electron chi connectivity index (χ3n) is 3.50. The van der Waals surface area contributed by atoms with Crippen molar-refractivity contribution in [1.82, 2.24) is 4.90 Å². The number of carbonyl (C=O) groups excluding carboxylic acids is 1. The number of halogens is 1. The number of amides is 2. The predicted octanol–water partition coefficient (Wildman–Crippen LogP) is 4.32. The fourth-order valence-corrected chi connectivity index (χ4v) is 3.33. The second-order valence-corrected chi connectivity index (χ2v) is 6.51. The predicted molar refractivity (Wildman–Crippen MR) is 90.9 cm³/mol. The molecule has 1 aliphatic heterocycles. The second kappa shape index (κ2) is 7.13. The van der Waals surface area contributed by atoms with E-state index in [1.807, 2.05) is 27.7 Å². The highest BCUT2D eigenvalue weighted by Crippen LogP contribution is 2.29. The number of rotatable bonds is 4. The third kappa shape index (κ3) is 3.61. The van der Waals surface area contributed by atoms with Crippen LogP contribution in [0.25, 0.3) is 0 Å². The van der Waals surface area contributed by atoms with E-state index in [9.17, 15) is 9.18 Å². The summed E-state index contributed by atoms with van der Waals surface area (Å²) in [5.41, 5.74) is 0.704. The van der Waals surface area contributed by atoms with Gasteiger partial charge in [0.25, 0.3) is 0 Å². The van der Waals surface area contributed by atoms with Crippen LogP contribution in [0.2, 0.25) is 0 Å². The van der Waals surface area contributed by atoms with Crippen molar-refractivity contribution in [3.05, 3.63) is 30.1 Å². The highest BCUT2D eigenvalue weighted by atomic mass is 32.2. The highest BCUT2D eigenvalue weighted by molar-refractivity contribution is 8.14. The van der Waals surface area contributed by atoms with Crippen LogP contribution in [0.1, 0.15) is 34.1 Å². The number of hydrogen-bond acceptors (Lipinski definition) is 3. The van der Waals surface area contributed by atoms with Gasteiger partial charge < -0.3 is 0 Å². The average molecular weight is 323 g/mol. The number of urea groups is 1. The number of benzene rings is 1. The minimum atomic E-state index is -0.304. The Labute approximate surface area is 135 Å². The van der Waals surface area contributed by atoms with Gasteiger partial charge in [-0.25, -0.2) is 9.18 Å². The van der Waals surface area contributed by atoms with Gasteiger partial charge in [-0.2, -0.15) is 0 Å². The van der Waals surface area contributed by atoms with Crippen LogP contribution in [-0.4, -0.2) is 34.1 Å². The van der Waals surface area contributed by atoms with Gasteiger partial charge in [-0.15, -0.1) is 0 Å². The Balaban J connectivity index is 2.31. The van der Waals surface area contributed by atoms with Crippen LogP contribution in [0, 0.1) is 5.82 Å². The molecule has 1 aliphatic rings. The SMILES string of the molecule is CCC(C)N1C(=O)N(c2ccc(F)cc2)CSC1=NC(C)C. The summed E-state index contributed by atoms with van der Waals surface area (Å²) in [7, 11) is 0. The van der Waals surface area contributed by atoms with Gasteiger partial charge >= 0.3 is 6.03 Å². The largest absolute Gasteiger partial charge is 0.331 e. The van der Waals surface area contributed by atoms with E-state index < -0.39 is 0 Å². The lowest BCUT2D eigenvalue weighted by Crippen LogP contribution is -2.53. The van der Waals surface area contributed by atoms with Crippen molar-refractivity contribution >= 4 is 28.6 Å². The van der Waals surface area contributed by atoms with E-state index in [-0.39, 0.29) is 23.9 Å². The van der Waals surface area contributed by atoms with Gasteiger partial charge in [-0.05, 0) is 51.5 Å². The summed E-state index contributed by atoms with van der Waals surface area (Å²) in [5, 5.41) is 0.771. The molecule has 1 heterocycles. The van der Waals surface area contributed by atoms with E-state index in [1.54, 1.807) is 33.7 Å². The first-order chi connectivity index (χ1) is 10.4. The molecule has 1 fully saturated rings. The van der Waals surface area contributed by atoms with E-state index in [1.165, 1.54) is 12.1 Å². The lowest BCUT2D eigenvalue weighted by atomic mass is 10.2. The van der Waals surface area contributed by atoms with Crippen molar-refractivity contribution in [1.29, 1.82) is 0 Å². The molecule has 0 aromatic heterocycles. The fourth-order valence-electron chi connectivity index (χ4n) is 2.14. The zero-order chi connectivity index (χ0) is 16.3. The first-order valence-electron chi connectivity index (χ1n) is 7.51. The topological polar surface area (TPSA) is 35.9 Å². The van der Waals surface area contributed by atoms with Crippen molar-refractivity contribution in [2.75, 3.05) is 10.8 Å². The first-order valence-corrected chi connectivity index (χ1v) is 8.49. The van der Waals surface area contributed by atoms with Crippen molar-refractivity contribution in [2.45, 2.75) is 46.2 Å². The first kappa shape index (κ1) is 16.8. The molecule has 2 rings (SSSR count). The highest BCUT2D eigenvalue weighted by Gasteiger charge is 2.34. The lowest BCUT2D eigenvalue weighted by Gasteiger charge is -2.39. The lowest BCUT2D eigenvalue weighted by molar-refractivity contribution is 0.217. The van der Waals surface area contributed by atoms with Crippen molar-refractivity contribution in [2.24, 2.45) is 4.99 Å². The number of hydrogen-bond donors (Lipinski definition) is 0. The Hall–Kier alpha value is -1.56. The molecule has 6 heteroatoms. The third-order valence-corrected chi connectivity index (χ3v) is 4.45. The number of carbonyl (C=O) groups is 1. The Bertz CT molecular complexity index is 559. The van der Waals surface area contributed by atoms with Crippen molar-refractivity contribution in [3.63, 3.8) is 0 Å². The maximum atomic E-state index is 13.1. The Morgan fingerprint density at radius 3 is 2.45 bits per heavy atom. The monoisotopic (exact) mass is 323 g/mol. The van der Waals surface area contributed by atoms with Crippen LogP contribution < -0.4 is 4.90 Å². The van der Waals surface area contributed by atoms with Crippen molar-refractivity contribution < 1.29 is 9.18 Å². The van der Waals surface area contributed by atoms with Gasteiger partial charge in [-0.3, -0.25) is 14.8 Å². The minimum absolute atomic E-state index is 0.0701. The van der Waals surface area contributed by atoms with Gasteiger partial charge in [-0.1, -0.05) is 18.7 Å². The van der Waals surface area contributed by atoms with Crippen LogP contribution >= 0.6 is 11.8 Å². The van der Waals surface area contributed by atoms with E-state index in [0.29, 0.717) is 11.6 Å². The number of thioether (sulfide) groups is 1. The summed E-state index contributed by atoms with van der Waals surface area (Å²) in [4.78, 5) is 20.9. The number of amidine groups is 1. The molecular formula is C16H22FN3OS. The zero-order valence-corrected chi connectivity index (χ0v) is 14.2. The van der Waals surface area contributed by atoms with E-state index in [2.05, 4.69) is 4.99 Å². The maximum Gasteiger partial charge on any atom is 0.331 e. The van der Waals surface area contributed by atoms with Crippen LogP contribution in [0.15, 0.2) is 29.3 Å². The number of anilines is 1. The molecular weight excluding hydrogens is 301 g/mol. The fraction of sp³-hybridized carbons (Fsp3) is 0.500. The molecule has 22 heavy (non-hydrogen) atoms. The van der Waals surface area contributed by atoms with E-state index in [4.69, 9.17) is 0 Å². The van der Waals surface area contributed by atoms with Gasteiger partial charge in [0.1, 0.15) is 5.82 Å². The standard InChI is InChI=1S/C16H22FN3OS/c1-5-12(4)20-15(18-11(2)3)22-10-19(16(20)21)14-8-6-13(17)7-9-14/h6-9,11-12H,5,10H2,1-4H3. The molecule has 2 amide bonds. The van der Waals surface area contributed by atoms with Crippen molar-refractivity contribution in [3.8, 4) is 0 Å². The Kier molecular flexibility index (Phi) is 5.45. The quantitative estimate of drug-likeness (QED) is 0.827. The van der Waals surface area contributed by atoms with E-state index >= 15 is 0 Å². The van der Waals surface area contributed by atoms with Crippen LogP contribution in [-0.2, 0) is 0 Å². The molecule has 1 unspecified atom stereocenters. The van der Waals surface area contributed by atoms with Gasteiger partial charge in [0.05, 0.1) is 5.88 Å². The van der Waals surface area contributed by atoms with Gasteiger partial charge in [0, 0.05) is 17.8 Å². The molecule has 1 aromatic carbocycles. The summed E-state index contributed by atoms with van der Waals surface area (Å²) in [6, 6.07) is 6.12. The molecule has 1 saturated heterocycles. The molecule has 0 radical (unpaired) electrons. The molecule has 0 aliphatic carbocycles. The zero-order valence-electron chi connectivity index (χ0n) is 13.4. The number of aliphatic imine (C=N–C) groups is 1. The van der Waals surface area contributed by atoms with Crippen LogP contribution in [0.4, 0.5) is 14.9 Å². The Morgan fingerprint density at radius 2 is 1.91 bits per heavy atom. The molecule has 0 N–H and O–H groups in total. The maximum absolute atomic E-state index is 13.1. The Morgan fingerprint density at radius 1 is 1.27 bits per heavy atom. The molecule has 0 bridgehead atoms. The number of nitrogens with zero attached hydrogens (tertiary/aromatic N) is 3. The second-order valence-electron chi connectivity index (χ2n) is 5.59. The molecule has 1 atom stereocenters. The summed E-state index contributed by atoms with van der Waals surface area (Å²) < 4.78 is 13.1. The molecule has 1 aromatic rings. The smallest absolute Gasteiger partial charge is 0.284 e. The normalized spacial score (nSPS) is 19.2. The summed E-state index contributed by atoms with van der Waals surface area (Å²) in [6.07, 6.45) is 0.848. The molecule has 120 valence electrons. The summed E-state index contributed by atoms with van der Waals surface area (Å²) in [5.74, 6) is 0.185. The summed E-state index contributed by atoms with van der Waals surface area (Å²) in [6.45, 7) is 8.06. The molecule has 0 spiro atoms. The molecule has 0 saturated carbocycles. The van der Waals surface area contributed by atoms with Crippen LogP contribution in [0.3, 0.4) is 0 Å². The van der Waals surface area contributed by atoms with Crippen LogP contribution in [0.5, 0.6) is 0 Å². The minimum Gasteiger partial charge on any atom is -0.284 e. The van der Waals surface area contributed by atoms with E-state index in [0.717, 1.165) is 11.6 Å².